The van der Waals surface area contributed by atoms with E-state index in [2.05, 4.69) is 61.4 Å². The molecule has 0 fully saturated rings. The second-order valence-corrected chi connectivity index (χ2v) is 6.32. The fraction of sp³-hybridized carbons (Fsp3) is 0.667. The highest BCUT2D eigenvalue weighted by Crippen LogP contribution is 2.08. The van der Waals surface area contributed by atoms with Crippen LogP contribution in [-0.4, -0.2) is 41.0 Å². The number of aromatic nitrogens is 1. The van der Waals surface area contributed by atoms with Crippen molar-refractivity contribution in [2.45, 2.75) is 45.9 Å². The number of thioether (sulfide) groups is 1. The van der Waals surface area contributed by atoms with Crippen LogP contribution in [0.4, 0.5) is 0 Å². The minimum Gasteiger partial charge on any atom is -0.310 e. The topological polar surface area (TPSA) is 28.2 Å². The molecule has 1 N–H and O–H groups in total. The molecular weight excluding hydrogens is 254 g/mol. The number of hydrogen-bond acceptors (Lipinski definition) is 4. The Labute approximate surface area is 122 Å². The number of nitrogens with one attached hydrogen (secondary N) is 1. The van der Waals surface area contributed by atoms with Gasteiger partial charge in [0.15, 0.2) is 0 Å². The fourth-order valence-electron chi connectivity index (χ4n) is 1.76. The Morgan fingerprint density at radius 3 is 2.58 bits per heavy atom. The average Bonchev–Trinajstić information content (AvgIpc) is 2.38. The third-order valence-corrected chi connectivity index (χ3v) is 3.99. The van der Waals surface area contributed by atoms with E-state index in [1.54, 1.807) is 0 Å². The van der Waals surface area contributed by atoms with Crippen molar-refractivity contribution in [3.05, 3.63) is 29.6 Å². The lowest BCUT2D eigenvalue weighted by Crippen LogP contribution is -2.30. The van der Waals surface area contributed by atoms with Gasteiger partial charge < -0.3 is 5.32 Å². The van der Waals surface area contributed by atoms with Crippen LogP contribution in [0.2, 0.25) is 0 Å². The summed E-state index contributed by atoms with van der Waals surface area (Å²) in [5.74, 6) is 1.16. The molecule has 0 amide bonds. The Hall–Kier alpha value is -0.580. The summed E-state index contributed by atoms with van der Waals surface area (Å²) in [6.07, 6.45) is 4.14. The molecule has 108 valence electrons. The zero-order chi connectivity index (χ0) is 14.3. The molecule has 0 radical (unpaired) electrons. The standard InChI is InChI=1S/C15H27N3S/c1-12(2)16-8-14-6-7-15(17-9-14)10-18(4)13(3)11-19-5/h6-7,9,12-13,16H,8,10-11H2,1-5H3. The molecule has 0 aliphatic heterocycles. The van der Waals surface area contributed by atoms with E-state index < -0.39 is 0 Å². The smallest absolute Gasteiger partial charge is 0.0544 e. The van der Waals surface area contributed by atoms with E-state index in [4.69, 9.17) is 0 Å². The molecule has 1 atom stereocenters. The molecule has 1 heterocycles. The first-order chi connectivity index (χ1) is 9.02. The average molecular weight is 281 g/mol. The Bertz CT molecular complexity index is 351. The fourth-order valence-corrected chi connectivity index (χ4v) is 2.49. The second-order valence-electron chi connectivity index (χ2n) is 5.41. The van der Waals surface area contributed by atoms with Crippen LogP contribution in [0.15, 0.2) is 18.3 Å². The van der Waals surface area contributed by atoms with Crippen molar-refractivity contribution < 1.29 is 0 Å². The summed E-state index contributed by atoms with van der Waals surface area (Å²) < 4.78 is 0. The maximum absolute atomic E-state index is 4.55. The molecule has 1 aromatic heterocycles. The van der Waals surface area contributed by atoms with E-state index in [9.17, 15) is 0 Å². The van der Waals surface area contributed by atoms with Gasteiger partial charge in [-0.25, -0.2) is 0 Å². The summed E-state index contributed by atoms with van der Waals surface area (Å²) in [6, 6.07) is 5.40. The van der Waals surface area contributed by atoms with E-state index >= 15 is 0 Å². The van der Waals surface area contributed by atoms with Gasteiger partial charge in [-0.2, -0.15) is 11.8 Å². The van der Waals surface area contributed by atoms with E-state index in [1.165, 1.54) is 5.56 Å². The molecule has 0 spiro atoms. The maximum atomic E-state index is 4.55. The van der Waals surface area contributed by atoms with Crippen LogP contribution in [-0.2, 0) is 13.1 Å². The van der Waals surface area contributed by atoms with Crippen LogP contribution in [0.25, 0.3) is 0 Å². The van der Waals surface area contributed by atoms with Crippen LogP contribution in [0.1, 0.15) is 32.0 Å². The van der Waals surface area contributed by atoms with Crippen molar-refractivity contribution in [1.29, 1.82) is 0 Å². The van der Waals surface area contributed by atoms with Gasteiger partial charge in [-0.3, -0.25) is 9.88 Å². The predicted octanol–water partition coefficient (Wildman–Crippen LogP) is 2.76. The highest BCUT2D eigenvalue weighted by molar-refractivity contribution is 7.98. The Balaban J connectivity index is 2.47. The SMILES string of the molecule is CSCC(C)N(C)Cc1ccc(CNC(C)C)cn1. The third-order valence-electron chi connectivity index (χ3n) is 3.17. The second kappa shape index (κ2) is 8.56. The molecule has 1 aromatic rings. The van der Waals surface area contributed by atoms with E-state index in [-0.39, 0.29) is 0 Å². The van der Waals surface area contributed by atoms with Gasteiger partial charge >= 0.3 is 0 Å². The Kier molecular flexibility index (Phi) is 7.42. The maximum Gasteiger partial charge on any atom is 0.0544 e. The van der Waals surface area contributed by atoms with Crippen molar-refractivity contribution in [2.24, 2.45) is 0 Å². The van der Waals surface area contributed by atoms with Gasteiger partial charge in [-0.1, -0.05) is 19.9 Å². The zero-order valence-electron chi connectivity index (χ0n) is 12.8. The molecule has 0 saturated heterocycles. The van der Waals surface area contributed by atoms with E-state index in [0.717, 1.165) is 24.5 Å². The monoisotopic (exact) mass is 281 g/mol. The molecule has 0 saturated carbocycles. The quantitative estimate of drug-likeness (QED) is 0.793. The molecule has 1 unspecified atom stereocenters. The van der Waals surface area contributed by atoms with Gasteiger partial charge in [0.25, 0.3) is 0 Å². The van der Waals surface area contributed by atoms with E-state index in [1.807, 2.05) is 18.0 Å². The summed E-state index contributed by atoms with van der Waals surface area (Å²) in [5, 5.41) is 3.40. The summed E-state index contributed by atoms with van der Waals surface area (Å²) in [6.45, 7) is 8.38. The van der Waals surface area contributed by atoms with Crippen molar-refractivity contribution in [1.82, 2.24) is 15.2 Å². The first-order valence-electron chi connectivity index (χ1n) is 6.89. The first-order valence-corrected chi connectivity index (χ1v) is 8.28. The normalized spacial score (nSPS) is 13.2. The zero-order valence-corrected chi connectivity index (χ0v) is 13.6. The number of hydrogen-bond donors (Lipinski definition) is 1. The van der Waals surface area contributed by atoms with Crippen LogP contribution in [0, 0.1) is 0 Å². The van der Waals surface area contributed by atoms with Crippen molar-refractivity contribution >= 4 is 11.8 Å². The molecule has 1 rings (SSSR count). The lowest BCUT2D eigenvalue weighted by molar-refractivity contribution is 0.266. The van der Waals surface area contributed by atoms with Crippen molar-refractivity contribution in [3.63, 3.8) is 0 Å². The summed E-state index contributed by atoms with van der Waals surface area (Å²) in [4.78, 5) is 6.90. The molecule has 4 heteroatoms. The summed E-state index contributed by atoms with van der Waals surface area (Å²) in [5.41, 5.74) is 2.39. The minimum atomic E-state index is 0.512. The number of nitrogens with zero attached hydrogens (tertiary/aromatic N) is 2. The lowest BCUT2D eigenvalue weighted by Gasteiger charge is -2.23. The molecule has 3 nitrogen and oxygen atoms in total. The molecule has 0 aromatic carbocycles. The summed E-state index contributed by atoms with van der Waals surface area (Å²) in [7, 11) is 2.16. The van der Waals surface area contributed by atoms with Crippen molar-refractivity contribution in [2.75, 3.05) is 19.1 Å². The number of pyridine rings is 1. The van der Waals surface area contributed by atoms with Gasteiger partial charge in [0.2, 0.25) is 0 Å². The third kappa shape index (κ3) is 6.41. The van der Waals surface area contributed by atoms with Crippen LogP contribution in [0.3, 0.4) is 0 Å². The molecular formula is C15H27N3S. The van der Waals surface area contributed by atoms with Crippen LogP contribution >= 0.6 is 11.8 Å². The predicted molar refractivity (Wildman–Crippen MR) is 85.5 cm³/mol. The molecule has 0 aliphatic rings. The van der Waals surface area contributed by atoms with Crippen LogP contribution < -0.4 is 5.32 Å². The highest BCUT2D eigenvalue weighted by Gasteiger charge is 2.09. The number of rotatable bonds is 8. The highest BCUT2D eigenvalue weighted by atomic mass is 32.2. The van der Waals surface area contributed by atoms with Gasteiger partial charge in [0, 0.05) is 37.1 Å². The molecule has 0 bridgehead atoms. The van der Waals surface area contributed by atoms with Crippen LogP contribution in [0.5, 0.6) is 0 Å². The summed E-state index contributed by atoms with van der Waals surface area (Å²) >= 11 is 1.89. The molecule has 19 heavy (non-hydrogen) atoms. The first kappa shape index (κ1) is 16.5. The van der Waals surface area contributed by atoms with E-state index in [0.29, 0.717) is 12.1 Å². The Morgan fingerprint density at radius 1 is 1.32 bits per heavy atom. The largest absolute Gasteiger partial charge is 0.310 e. The molecule has 0 aliphatic carbocycles. The lowest BCUT2D eigenvalue weighted by atomic mass is 10.2. The van der Waals surface area contributed by atoms with Gasteiger partial charge in [-0.15, -0.1) is 0 Å². The van der Waals surface area contributed by atoms with Crippen molar-refractivity contribution in [3.8, 4) is 0 Å². The van der Waals surface area contributed by atoms with Gasteiger partial charge in [0.1, 0.15) is 0 Å². The van der Waals surface area contributed by atoms with Gasteiger partial charge in [0.05, 0.1) is 5.69 Å². The minimum absolute atomic E-state index is 0.512. The Morgan fingerprint density at radius 2 is 2.05 bits per heavy atom. The van der Waals surface area contributed by atoms with Gasteiger partial charge in [-0.05, 0) is 31.9 Å².